The van der Waals surface area contributed by atoms with Gasteiger partial charge in [0.2, 0.25) is 11.8 Å². The van der Waals surface area contributed by atoms with Gasteiger partial charge in [-0.3, -0.25) is 9.59 Å². The molecule has 1 fully saturated rings. The first-order chi connectivity index (χ1) is 7.56. The Bertz CT molecular complexity index is 317. The van der Waals surface area contributed by atoms with Crippen LogP contribution >= 0.6 is 0 Å². The molecule has 2 amide bonds. The van der Waals surface area contributed by atoms with Crippen LogP contribution in [0.4, 0.5) is 0 Å². The van der Waals surface area contributed by atoms with Crippen molar-refractivity contribution in [2.24, 2.45) is 0 Å². The number of carbonyl (C=O) groups excluding carboxylic acids is 2. The summed E-state index contributed by atoms with van der Waals surface area (Å²) in [5.41, 5.74) is 0. The second-order valence-corrected chi connectivity index (χ2v) is 4.08. The SMILES string of the molecule is C=CCN(C(=O)/C=C/C(=O)N(C)C)C1CC1. The number of nitrogens with zero attached hydrogens (tertiary/aromatic N) is 2. The number of likely N-dealkylation sites (N-methyl/N-ethyl adjacent to an activating group) is 1. The highest BCUT2D eigenvalue weighted by atomic mass is 16.2. The highest BCUT2D eigenvalue weighted by Crippen LogP contribution is 2.26. The van der Waals surface area contributed by atoms with Crippen LogP contribution in [-0.2, 0) is 9.59 Å². The Hall–Kier alpha value is -1.58. The molecule has 0 unspecified atom stereocenters. The molecule has 1 aliphatic rings. The fourth-order valence-corrected chi connectivity index (χ4v) is 1.33. The van der Waals surface area contributed by atoms with E-state index in [1.807, 2.05) is 0 Å². The van der Waals surface area contributed by atoms with Crippen LogP contribution in [0.15, 0.2) is 24.8 Å². The molecule has 88 valence electrons. The third kappa shape index (κ3) is 3.53. The van der Waals surface area contributed by atoms with Crippen LogP contribution in [0.1, 0.15) is 12.8 Å². The van der Waals surface area contributed by atoms with Gasteiger partial charge in [0, 0.05) is 38.8 Å². The Kier molecular flexibility index (Phi) is 4.28. The molecule has 1 saturated carbocycles. The zero-order valence-electron chi connectivity index (χ0n) is 9.85. The molecule has 1 aliphatic carbocycles. The van der Waals surface area contributed by atoms with E-state index in [1.54, 1.807) is 25.1 Å². The normalized spacial score (nSPS) is 14.9. The van der Waals surface area contributed by atoms with Crippen LogP contribution in [0.2, 0.25) is 0 Å². The van der Waals surface area contributed by atoms with Gasteiger partial charge in [0.15, 0.2) is 0 Å². The van der Waals surface area contributed by atoms with Crippen molar-refractivity contribution in [1.29, 1.82) is 0 Å². The maximum Gasteiger partial charge on any atom is 0.247 e. The minimum atomic E-state index is -0.178. The van der Waals surface area contributed by atoms with Gasteiger partial charge in [0.25, 0.3) is 0 Å². The molecule has 0 aromatic carbocycles. The smallest absolute Gasteiger partial charge is 0.247 e. The van der Waals surface area contributed by atoms with E-state index in [0.29, 0.717) is 12.6 Å². The molecule has 0 saturated heterocycles. The highest BCUT2D eigenvalue weighted by Gasteiger charge is 2.30. The highest BCUT2D eigenvalue weighted by molar-refractivity contribution is 5.96. The van der Waals surface area contributed by atoms with Gasteiger partial charge in [-0.15, -0.1) is 6.58 Å². The summed E-state index contributed by atoms with van der Waals surface area (Å²) in [5, 5.41) is 0. The maximum atomic E-state index is 11.8. The van der Waals surface area contributed by atoms with Gasteiger partial charge in [0.1, 0.15) is 0 Å². The zero-order valence-corrected chi connectivity index (χ0v) is 9.85. The largest absolute Gasteiger partial charge is 0.345 e. The van der Waals surface area contributed by atoms with Gasteiger partial charge >= 0.3 is 0 Å². The topological polar surface area (TPSA) is 40.6 Å². The second kappa shape index (κ2) is 5.49. The van der Waals surface area contributed by atoms with E-state index < -0.39 is 0 Å². The first kappa shape index (κ1) is 12.5. The first-order valence-electron chi connectivity index (χ1n) is 5.37. The molecular formula is C12H18N2O2. The summed E-state index contributed by atoms with van der Waals surface area (Å²) in [5.74, 6) is -0.291. The van der Waals surface area contributed by atoms with Crippen molar-refractivity contribution in [3.63, 3.8) is 0 Å². The standard InChI is InChI=1S/C12H18N2O2/c1-4-9-14(10-5-6-10)12(16)8-7-11(15)13(2)3/h4,7-8,10H,1,5-6,9H2,2-3H3/b8-7+. The van der Waals surface area contributed by atoms with Gasteiger partial charge in [-0.25, -0.2) is 0 Å². The van der Waals surface area contributed by atoms with Gasteiger partial charge in [-0.1, -0.05) is 6.08 Å². The molecule has 0 atom stereocenters. The summed E-state index contributed by atoms with van der Waals surface area (Å²) in [6, 6.07) is 0.338. The fourth-order valence-electron chi connectivity index (χ4n) is 1.33. The van der Waals surface area contributed by atoms with E-state index >= 15 is 0 Å². The van der Waals surface area contributed by atoms with E-state index in [2.05, 4.69) is 6.58 Å². The van der Waals surface area contributed by atoms with Crippen molar-refractivity contribution in [3.05, 3.63) is 24.8 Å². The molecule has 0 N–H and O–H groups in total. The Labute approximate surface area is 96.2 Å². The van der Waals surface area contributed by atoms with Crippen molar-refractivity contribution < 1.29 is 9.59 Å². The lowest BCUT2D eigenvalue weighted by atomic mass is 10.3. The van der Waals surface area contributed by atoms with Crippen LogP contribution in [0.5, 0.6) is 0 Å². The first-order valence-corrected chi connectivity index (χ1v) is 5.37. The van der Waals surface area contributed by atoms with Crippen LogP contribution < -0.4 is 0 Å². The summed E-state index contributed by atoms with van der Waals surface area (Å²) < 4.78 is 0. The lowest BCUT2D eigenvalue weighted by Gasteiger charge is -2.18. The lowest BCUT2D eigenvalue weighted by Crippen LogP contribution is -2.32. The minimum absolute atomic E-state index is 0.113. The molecule has 0 spiro atoms. The van der Waals surface area contributed by atoms with Crippen molar-refractivity contribution in [1.82, 2.24) is 9.80 Å². The minimum Gasteiger partial charge on any atom is -0.345 e. The zero-order chi connectivity index (χ0) is 12.1. The van der Waals surface area contributed by atoms with Gasteiger partial charge < -0.3 is 9.80 Å². The van der Waals surface area contributed by atoms with Crippen molar-refractivity contribution in [2.75, 3.05) is 20.6 Å². The fraction of sp³-hybridized carbons (Fsp3) is 0.500. The van der Waals surface area contributed by atoms with E-state index in [1.165, 1.54) is 17.1 Å². The van der Waals surface area contributed by atoms with Gasteiger partial charge in [-0.05, 0) is 12.8 Å². The van der Waals surface area contributed by atoms with Gasteiger partial charge in [0.05, 0.1) is 0 Å². The Morgan fingerprint density at radius 1 is 1.25 bits per heavy atom. The predicted molar refractivity (Wildman–Crippen MR) is 62.8 cm³/mol. The van der Waals surface area contributed by atoms with Crippen LogP contribution in [0.25, 0.3) is 0 Å². The van der Waals surface area contributed by atoms with Gasteiger partial charge in [-0.2, -0.15) is 0 Å². The van der Waals surface area contributed by atoms with Crippen molar-refractivity contribution in [2.45, 2.75) is 18.9 Å². The van der Waals surface area contributed by atoms with Crippen LogP contribution in [0.3, 0.4) is 0 Å². The summed E-state index contributed by atoms with van der Waals surface area (Å²) in [6.45, 7) is 4.17. The quantitative estimate of drug-likeness (QED) is 0.510. The van der Waals surface area contributed by atoms with E-state index in [-0.39, 0.29) is 11.8 Å². The molecule has 0 bridgehead atoms. The van der Waals surface area contributed by atoms with Crippen molar-refractivity contribution >= 4 is 11.8 Å². The van der Waals surface area contributed by atoms with E-state index in [9.17, 15) is 9.59 Å². The number of rotatable bonds is 5. The molecule has 0 aromatic heterocycles. The third-order valence-electron chi connectivity index (χ3n) is 2.41. The molecule has 0 aromatic rings. The summed E-state index contributed by atoms with van der Waals surface area (Å²) in [6.07, 6.45) is 6.45. The third-order valence-corrected chi connectivity index (χ3v) is 2.41. The average molecular weight is 222 g/mol. The summed E-state index contributed by atoms with van der Waals surface area (Å²) >= 11 is 0. The molecule has 4 heteroatoms. The Morgan fingerprint density at radius 2 is 1.81 bits per heavy atom. The second-order valence-electron chi connectivity index (χ2n) is 4.08. The van der Waals surface area contributed by atoms with Crippen LogP contribution in [0, 0.1) is 0 Å². The average Bonchev–Trinajstić information content (AvgIpc) is 3.05. The number of hydrogen-bond donors (Lipinski definition) is 0. The molecule has 0 heterocycles. The molecule has 0 aliphatic heterocycles. The summed E-state index contributed by atoms with van der Waals surface area (Å²) in [7, 11) is 3.30. The maximum absolute atomic E-state index is 11.8. The predicted octanol–water partition coefficient (Wildman–Crippen LogP) is 0.808. The molecule has 0 radical (unpaired) electrons. The Balaban J connectivity index is 2.54. The lowest BCUT2D eigenvalue weighted by molar-refractivity contribution is -0.127. The van der Waals surface area contributed by atoms with E-state index in [0.717, 1.165) is 12.8 Å². The number of amides is 2. The summed E-state index contributed by atoms with van der Waals surface area (Å²) in [4.78, 5) is 26.2. The Morgan fingerprint density at radius 3 is 2.25 bits per heavy atom. The number of carbonyl (C=O) groups is 2. The van der Waals surface area contributed by atoms with E-state index in [4.69, 9.17) is 0 Å². The monoisotopic (exact) mass is 222 g/mol. The van der Waals surface area contributed by atoms with Crippen LogP contribution in [-0.4, -0.2) is 48.3 Å². The molecule has 16 heavy (non-hydrogen) atoms. The van der Waals surface area contributed by atoms with Crippen molar-refractivity contribution in [3.8, 4) is 0 Å². The molecular weight excluding hydrogens is 204 g/mol. The molecule has 4 nitrogen and oxygen atoms in total. The number of hydrogen-bond acceptors (Lipinski definition) is 2. The molecule has 1 rings (SSSR count).